The van der Waals surface area contributed by atoms with Gasteiger partial charge in [0.2, 0.25) is 0 Å². The third-order valence-electron chi connectivity index (χ3n) is 13.5. The van der Waals surface area contributed by atoms with Crippen molar-refractivity contribution >= 4 is 5.97 Å². The number of rotatable bonds is 3. The van der Waals surface area contributed by atoms with Crippen LogP contribution in [0, 0.1) is 45.3 Å². The largest absolute Gasteiger partial charge is 0.462 e. The van der Waals surface area contributed by atoms with E-state index in [2.05, 4.69) is 41.5 Å². The van der Waals surface area contributed by atoms with E-state index in [0.29, 0.717) is 17.8 Å². The lowest BCUT2D eigenvalue weighted by molar-refractivity contribution is -0.261. The lowest BCUT2D eigenvalue weighted by Crippen LogP contribution is -2.68. The number of esters is 1. The second-order valence-electron chi connectivity index (χ2n) is 16.0. The number of hydrogen-bond donors (Lipinski definition) is 2. The van der Waals surface area contributed by atoms with Crippen molar-refractivity contribution in [3.05, 3.63) is 0 Å². The van der Waals surface area contributed by atoms with Gasteiger partial charge in [0.25, 0.3) is 0 Å². The van der Waals surface area contributed by atoms with Crippen molar-refractivity contribution in [1.29, 1.82) is 0 Å². The Kier molecular flexibility index (Phi) is 6.35. The van der Waals surface area contributed by atoms with Crippen molar-refractivity contribution in [2.24, 2.45) is 45.3 Å². The van der Waals surface area contributed by atoms with Gasteiger partial charge in [0.15, 0.2) is 0 Å². The molecular formula is C32H54O5. The first kappa shape index (κ1) is 27.9. The first-order valence-electron chi connectivity index (χ1n) is 15.2. The molecule has 5 rings (SSSR count). The van der Waals surface area contributed by atoms with Crippen LogP contribution in [0.1, 0.15) is 120 Å². The zero-order chi connectivity index (χ0) is 27.4. The van der Waals surface area contributed by atoms with E-state index in [0.717, 1.165) is 51.4 Å². The number of carbonyl (C=O) groups excluding carboxylic acids is 1. The fourth-order valence-corrected chi connectivity index (χ4v) is 11.4. The molecule has 2 N–H and O–H groups in total. The molecule has 5 heteroatoms. The minimum Gasteiger partial charge on any atom is -0.462 e. The van der Waals surface area contributed by atoms with Gasteiger partial charge in [0, 0.05) is 12.8 Å². The first-order valence-corrected chi connectivity index (χ1v) is 15.2. The average Bonchev–Trinajstić information content (AvgIpc) is 3.33. The highest BCUT2D eigenvalue weighted by Gasteiger charge is 2.72. The Morgan fingerprint density at radius 3 is 2.14 bits per heavy atom. The van der Waals surface area contributed by atoms with Crippen LogP contribution in [0.5, 0.6) is 0 Å². The molecule has 0 radical (unpaired) electrons. The number of aliphatic hydroxyl groups is 2. The topological polar surface area (TPSA) is 76.0 Å². The average molecular weight is 519 g/mol. The maximum atomic E-state index is 12.5. The molecule has 3 unspecified atom stereocenters. The van der Waals surface area contributed by atoms with Gasteiger partial charge in [-0.15, -0.1) is 0 Å². The van der Waals surface area contributed by atoms with Gasteiger partial charge >= 0.3 is 5.97 Å². The molecule has 1 aliphatic heterocycles. The monoisotopic (exact) mass is 518 g/mol. The zero-order valence-electron chi connectivity index (χ0n) is 25.0. The summed E-state index contributed by atoms with van der Waals surface area (Å²) in [6.45, 7) is 19.7. The van der Waals surface area contributed by atoms with E-state index in [1.54, 1.807) is 6.92 Å². The lowest BCUT2D eigenvalue weighted by Gasteiger charge is -2.71. The normalized spacial score (nSPS) is 53.2. The summed E-state index contributed by atoms with van der Waals surface area (Å²) in [4.78, 5) is 12.5. The van der Waals surface area contributed by atoms with Crippen molar-refractivity contribution in [2.45, 2.75) is 150 Å². The van der Waals surface area contributed by atoms with Gasteiger partial charge in [-0.3, -0.25) is 4.79 Å². The molecular weight excluding hydrogens is 464 g/mol. The summed E-state index contributed by atoms with van der Waals surface area (Å²) < 4.78 is 13.1. The summed E-state index contributed by atoms with van der Waals surface area (Å²) in [6, 6.07) is 0. The van der Waals surface area contributed by atoms with Crippen LogP contribution in [0.2, 0.25) is 0 Å². The van der Waals surface area contributed by atoms with Gasteiger partial charge in [-0.05, 0) is 118 Å². The van der Waals surface area contributed by atoms with Crippen LogP contribution in [0.4, 0.5) is 0 Å². The molecule has 11 atom stereocenters. The van der Waals surface area contributed by atoms with E-state index in [1.807, 2.05) is 13.8 Å². The number of carbonyl (C=O) groups is 1. The van der Waals surface area contributed by atoms with E-state index in [1.165, 1.54) is 6.42 Å². The molecule has 5 aliphatic rings. The second kappa shape index (κ2) is 8.43. The van der Waals surface area contributed by atoms with E-state index >= 15 is 0 Å². The molecule has 0 spiro atoms. The van der Waals surface area contributed by atoms with Crippen molar-refractivity contribution < 1.29 is 24.5 Å². The number of hydrogen-bond acceptors (Lipinski definition) is 5. The van der Waals surface area contributed by atoms with E-state index in [-0.39, 0.29) is 57.5 Å². The Hall–Kier alpha value is -0.650. The minimum absolute atomic E-state index is 0.0294. The molecule has 0 aromatic carbocycles. The van der Waals surface area contributed by atoms with Gasteiger partial charge in [-0.1, -0.05) is 34.6 Å². The van der Waals surface area contributed by atoms with Gasteiger partial charge in [-0.25, -0.2) is 0 Å². The maximum Gasteiger partial charge on any atom is 0.302 e. The van der Waals surface area contributed by atoms with Gasteiger partial charge in [-0.2, -0.15) is 0 Å². The van der Waals surface area contributed by atoms with Crippen LogP contribution in [-0.2, 0) is 14.3 Å². The second-order valence-corrected chi connectivity index (χ2v) is 16.0. The molecule has 0 aromatic rings. The van der Waals surface area contributed by atoms with E-state index in [4.69, 9.17) is 9.47 Å². The summed E-state index contributed by atoms with van der Waals surface area (Å²) in [5, 5.41) is 21.7. The summed E-state index contributed by atoms with van der Waals surface area (Å²) in [5.74, 6) is 1.36. The van der Waals surface area contributed by atoms with Gasteiger partial charge < -0.3 is 19.7 Å². The molecule has 212 valence electrons. The third-order valence-corrected chi connectivity index (χ3v) is 13.5. The van der Waals surface area contributed by atoms with E-state index in [9.17, 15) is 15.0 Å². The number of aliphatic hydroxyl groups excluding tert-OH is 1. The van der Waals surface area contributed by atoms with Crippen LogP contribution in [0.3, 0.4) is 0 Å². The predicted molar refractivity (Wildman–Crippen MR) is 145 cm³/mol. The van der Waals surface area contributed by atoms with Crippen LogP contribution >= 0.6 is 0 Å². The van der Waals surface area contributed by atoms with Crippen molar-refractivity contribution in [1.82, 2.24) is 0 Å². The molecule has 5 nitrogen and oxygen atoms in total. The first-order chi connectivity index (χ1) is 16.9. The van der Waals surface area contributed by atoms with Crippen LogP contribution in [0.25, 0.3) is 0 Å². The fourth-order valence-electron chi connectivity index (χ4n) is 11.4. The minimum atomic E-state index is -0.838. The highest BCUT2D eigenvalue weighted by atomic mass is 16.5. The quantitative estimate of drug-likeness (QED) is 0.430. The lowest BCUT2D eigenvalue weighted by atomic mass is 9.35. The molecule has 1 heterocycles. The molecule has 1 saturated heterocycles. The molecule has 4 aliphatic carbocycles. The Labute approximate surface area is 225 Å². The Balaban J connectivity index is 1.54. The third kappa shape index (κ3) is 3.83. The van der Waals surface area contributed by atoms with Crippen molar-refractivity contribution in [3.8, 4) is 0 Å². The number of ether oxygens (including phenoxy) is 2. The Morgan fingerprint density at radius 1 is 0.892 bits per heavy atom. The molecule has 0 aromatic heterocycles. The Bertz CT molecular complexity index is 923. The van der Waals surface area contributed by atoms with Crippen LogP contribution in [0.15, 0.2) is 0 Å². The summed E-state index contributed by atoms with van der Waals surface area (Å²) in [6.07, 6.45) is 8.65. The van der Waals surface area contributed by atoms with Crippen LogP contribution in [-0.4, -0.2) is 45.7 Å². The fraction of sp³-hybridized carbons (Fsp3) is 0.969. The van der Waals surface area contributed by atoms with Crippen molar-refractivity contribution in [3.63, 3.8) is 0 Å². The predicted octanol–water partition coefficient (Wildman–Crippen LogP) is 6.28. The van der Waals surface area contributed by atoms with Crippen molar-refractivity contribution in [2.75, 3.05) is 0 Å². The van der Waals surface area contributed by atoms with Gasteiger partial charge in [0.1, 0.15) is 6.10 Å². The Morgan fingerprint density at radius 2 is 1.54 bits per heavy atom. The molecule has 5 fully saturated rings. The molecule has 37 heavy (non-hydrogen) atoms. The molecule has 0 bridgehead atoms. The standard InChI is InChI=1S/C32H54O5/c1-19(33)36-22-18-21-20(32(9)17-13-25(37-32)28(4,5)35)10-15-30(21,7)31(8)16-11-23-27(2,3)24(34)12-14-29(23,6)26(22)31/h20-26,34-35H,10-18H2,1-9H3/t20-,21?,22+,23?,24+,25-,26?,29-,30+,31+,32+/m0/s1. The summed E-state index contributed by atoms with van der Waals surface area (Å²) in [5.41, 5.74) is -1.00. The highest BCUT2D eigenvalue weighted by molar-refractivity contribution is 5.66. The summed E-state index contributed by atoms with van der Waals surface area (Å²) >= 11 is 0. The summed E-state index contributed by atoms with van der Waals surface area (Å²) in [7, 11) is 0. The van der Waals surface area contributed by atoms with Crippen LogP contribution < -0.4 is 0 Å². The van der Waals surface area contributed by atoms with E-state index < -0.39 is 5.60 Å². The number of fused-ring (bicyclic) bond motifs is 5. The molecule has 0 amide bonds. The zero-order valence-corrected chi connectivity index (χ0v) is 25.0. The molecule has 4 saturated carbocycles. The SMILES string of the molecule is CC(=O)O[C@@H]1CC2[C@@H]([C@@]3(C)CC[C@@H](C(C)(C)O)O3)CC[C@@]2(C)[C@]2(C)CCC3C(C)(C)[C@H](O)CC[C@]3(C)C12. The maximum absolute atomic E-state index is 12.5. The van der Waals surface area contributed by atoms with Gasteiger partial charge in [0.05, 0.1) is 23.4 Å². The highest BCUT2D eigenvalue weighted by Crippen LogP contribution is 2.76. The smallest absolute Gasteiger partial charge is 0.302 e.